The minimum Gasteiger partial charge on any atom is -0.341 e. The highest BCUT2D eigenvalue weighted by atomic mass is 16.2. The molecule has 14 heavy (non-hydrogen) atoms. The van der Waals surface area contributed by atoms with Crippen LogP contribution < -0.4 is 5.73 Å². The van der Waals surface area contributed by atoms with Crippen LogP contribution in [0.25, 0.3) is 0 Å². The predicted molar refractivity (Wildman–Crippen MR) is 55.7 cm³/mol. The van der Waals surface area contributed by atoms with E-state index in [1.54, 1.807) is 0 Å². The highest BCUT2D eigenvalue weighted by Gasteiger charge is 2.39. The van der Waals surface area contributed by atoms with Gasteiger partial charge in [0.1, 0.15) is 0 Å². The first-order valence-electron chi connectivity index (χ1n) is 5.54. The van der Waals surface area contributed by atoms with E-state index in [4.69, 9.17) is 5.73 Å². The summed E-state index contributed by atoms with van der Waals surface area (Å²) in [5, 5.41) is 0. The minimum atomic E-state index is -0.219. The topological polar surface area (TPSA) is 46.3 Å². The lowest BCUT2D eigenvalue weighted by Gasteiger charge is -2.22. The monoisotopic (exact) mass is 196 g/mol. The zero-order valence-corrected chi connectivity index (χ0v) is 9.12. The molecule has 1 saturated carbocycles. The maximum Gasteiger partial charge on any atom is 0.239 e. The van der Waals surface area contributed by atoms with Crippen LogP contribution in [-0.4, -0.2) is 29.9 Å². The quantitative estimate of drug-likeness (QED) is 0.715. The van der Waals surface area contributed by atoms with Crippen LogP contribution in [0.2, 0.25) is 0 Å². The number of carbonyl (C=O) groups excluding carboxylic acids is 1. The molecule has 0 radical (unpaired) electrons. The Morgan fingerprint density at radius 3 is 2.57 bits per heavy atom. The third kappa shape index (κ3) is 1.92. The second-order valence-electron chi connectivity index (χ2n) is 5.54. The van der Waals surface area contributed by atoms with E-state index in [1.165, 1.54) is 0 Å². The summed E-state index contributed by atoms with van der Waals surface area (Å²) >= 11 is 0. The van der Waals surface area contributed by atoms with Gasteiger partial charge < -0.3 is 10.6 Å². The van der Waals surface area contributed by atoms with Crippen LogP contribution >= 0.6 is 0 Å². The smallest absolute Gasteiger partial charge is 0.239 e. The van der Waals surface area contributed by atoms with Gasteiger partial charge in [-0.15, -0.1) is 0 Å². The second-order valence-corrected chi connectivity index (χ2v) is 5.54. The van der Waals surface area contributed by atoms with Crippen molar-refractivity contribution in [3.05, 3.63) is 0 Å². The largest absolute Gasteiger partial charge is 0.341 e. The molecule has 1 heterocycles. The van der Waals surface area contributed by atoms with Crippen LogP contribution in [0.4, 0.5) is 0 Å². The van der Waals surface area contributed by atoms with Crippen molar-refractivity contribution in [2.75, 3.05) is 13.1 Å². The molecule has 80 valence electrons. The summed E-state index contributed by atoms with van der Waals surface area (Å²) in [6, 6.07) is -0.219. The van der Waals surface area contributed by atoms with Crippen LogP contribution in [0.3, 0.4) is 0 Å². The van der Waals surface area contributed by atoms with Gasteiger partial charge >= 0.3 is 0 Å². The Morgan fingerprint density at radius 1 is 1.50 bits per heavy atom. The number of nitrogens with zero attached hydrogens (tertiary/aromatic N) is 1. The first-order valence-corrected chi connectivity index (χ1v) is 5.54. The summed E-state index contributed by atoms with van der Waals surface area (Å²) in [5.74, 6) is 0.657. The lowest BCUT2D eigenvalue weighted by atomic mass is 9.93. The van der Waals surface area contributed by atoms with Crippen molar-refractivity contribution in [1.29, 1.82) is 0 Å². The van der Waals surface area contributed by atoms with E-state index in [0.29, 0.717) is 11.3 Å². The van der Waals surface area contributed by atoms with Crippen molar-refractivity contribution in [1.82, 2.24) is 4.90 Å². The Bertz CT molecular complexity index is 246. The van der Waals surface area contributed by atoms with Crippen molar-refractivity contribution >= 4 is 5.91 Å². The molecule has 2 fully saturated rings. The number of hydrogen-bond acceptors (Lipinski definition) is 2. The summed E-state index contributed by atoms with van der Waals surface area (Å²) in [5.41, 5.74) is 6.19. The van der Waals surface area contributed by atoms with Crippen molar-refractivity contribution in [2.24, 2.45) is 17.1 Å². The number of hydrogen-bond donors (Lipinski definition) is 1. The van der Waals surface area contributed by atoms with E-state index in [0.717, 1.165) is 32.4 Å². The molecule has 0 bridgehead atoms. The molecular weight excluding hydrogens is 176 g/mol. The summed E-state index contributed by atoms with van der Waals surface area (Å²) < 4.78 is 0. The molecule has 2 rings (SSSR count). The lowest BCUT2D eigenvalue weighted by molar-refractivity contribution is -0.132. The zero-order chi connectivity index (χ0) is 10.3. The average Bonchev–Trinajstić information content (AvgIpc) is 2.89. The van der Waals surface area contributed by atoms with Crippen LogP contribution in [0.15, 0.2) is 0 Å². The summed E-state index contributed by atoms with van der Waals surface area (Å²) in [7, 11) is 0. The van der Waals surface area contributed by atoms with E-state index >= 15 is 0 Å². The fourth-order valence-electron chi connectivity index (χ4n) is 2.17. The Balaban J connectivity index is 1.92. The van der Waals surface area contributed by atoms with Gasteiger partial charge in [-0.2, -0.15) is 0 Å². The van der Waals surface area contributed by atoms with Gasteiger partial charge in [0, 0.05) is 13.1 Å². The molecule has 3 heteroatoms. The normalized spacial score (nSPS) is 27.8. The Hall–Kier alpha value is -0.570. The fourth-order valence-corrected chi connectivity index (χ4v) is 2.17. The zero-order valence-electron chi connectivity index (χ0n) is 9.12. The average molecular weight is 196 g/mol. The third-order valence-electron chi connectivity index (χ3n) is 3.40. The maximum atomic E-state index is 11.9. The van der Waals surface area contributed by atoms with Gasteiger partial charge in [0.15, 0.2) is 0 Å². The molecular formula is C11H20N2O. The molecule has 0 aromatic heterocycles. The van der Waals surface area contributed by atoms with Crippen LogP contribution in [0.5, 0.6) is 0 Å². The molecule has 0 spiro atoms. The number of nitrogens with two attached hydrogens (primary N) is 1. The van der Waals surface area contributed by atoms with E-state index in [1.807, 2.05) is 4.90 Å². The van der Waals surface area contributed by atoms with Crippen molar-refractivity contribution in [2.45, 2.75) is 39.2 Å². The fraction of sp³-hybridized carbons (Fsp3) is 0.909. The van der Waals surface area contributed by atoms with Crippen molar-refractivity contribution in [3.63, 3.8) is 0 Å². The number of amides is 1. The Labute approximate surface area is 85.6 Å². The Kier molecular flexibility index (Phi) is 2.30. The van der Waals surface area contributed by atoms with E-state index in [9.17, 15) is 4.79 Å². The molecule has 2 N–H and O–H groups in total. The molecule has 3 nitrogen and oxygen atoms in total. The van der Waals surface area contributed by atoms with Gasteiger partial charge in [0.2, 0.25) is 5.91 Å². The SMILES string of the molecule is CC1(C)CCN(C(=O)C(N)C2CC2)C1. The van der Waals surface area contributed by atoms with Gasteiger partial charge in [0.25, 0.3) is 0 Å². The molecule has 1 unspecified atom stereocenters. The predicted octanol–water partition coefficient (Wildman–Crippen LogP) is 0.982. The van der Waals surface area contributed by atoms with E-state index < -0.39 is 0 Å². The minimum absolute atomic E-state index is 0.179. The van der Waals surface area contributed by atoms with Gasteiger partial charge in [0.05, 0.1) is 6.04 Å². The molecule has 1 aliphatic heterocycles. The number of likely N-dealkylation sites (tertiary alicyclic amines) is 1. The van der Waals surface area contributed by atoms with Gasteiger partial charge in [-0.1, -0.05) is 13.8 Å². The standard InChI is InChI=1S/C11H20N2O/c1-11(2)5-6-13(7-11)10(14)9(12)8-3-4-8/h8-9H,3-7,12H2,1-2H3. The molecule has 1 atom stereocenters. The molecule has 1 amide bonds. The van der Waals surface area contributed by atoms with Crippen LogP contribution in [0, 0.1) is 11.3 Å². The summed E-state index contributed by atoms with van der Waals surface area (Å²) in [4.78, 5) is 13.9. The maximum absolute atomic E-state index is 11.9. The van der Waals surface area contributed by atoms with Crippen molar-refractivity contribution < 1.29 is 4.79 Å². The first kappa shape index (κ1) is 9.97. The van der Waals surface area contributed by atoms with E-state index in [2.05, 4.69) is 13.8 Å². The molecule has 1 saturated heterocycles. The highest BCUT2D eigenvalue weighted by molar-refractivity contribution is 5.82. The Morgan fingerprint density at radius 2 is 2.14 bits per heavy atom. The molecule has 0 aromatic carbocycles. The van der Waals surface area contributed by atoms with Crippen LogP contribution in [-0.2, 0) is 4.79 Å². The first-order chi connectivity index (χ1) is 6.49. The lowest BCUT2D eigenvalue weighted by Crippen LogP contribution is -2.44. The number of rotatable bonds is 2. The van der Waals surface area contributed by atoms with Crippen molar-refractivity contribution in [3.8, 4) is 0 Å². The highest BCUT2D eigenvalue weighted by Crippen LogP contribution is 2.34. The molecule has 0 aromatic rings. The third-order valence-corrected chi connectivity index (χ3v) is 3.40. The summed E-state index contributed by atoms with van der Waals surface area (Å²) in [6.07, 6.45) is 3.39. The van der Waals surface area contributed by atoms with Gasteiger partial charge in [-0.3, -0.25) is 4.79 Å². The molecule has 1 aliphatic carbocycles. The second kappa shape index (κ2) is 3.23. The van der Waals surface area contributed by atoms with Crippen LogP contribution in [0.1, 0.15) is 33.1 Å². The number of carbonyl (C=O) groups is 1. The molecule has 2 aliphatic rings. The van der Waals surface area contributed by atoms with Gasteiger partial charge in [-0.25, -0.2) is 0 Å². The summed E-state index contributed by atoms with van der Waals surface area (Å²) in [6.45, 7) is 6.20. The van der Waals surface area contributed by atoms with Gasteiger partial charge in [-0.05, 0) is 30.6 Å². The van der Waals surface area contributed by atoms with E-state index in [-0.39, 0.29) is 11.9 Å².